The molecule has 2 saturated heterocycles. The summed E-state index contributed by atoms with van der Waals surface area (Å²) in [6.45, 7) is 1.36. The molecule has 5 heteroatoms. The summed E-state index contributed by atoms with van der Waals surface area (Å²) in [5.41, 5.74) is 1.04. The summed E-state index contributed by atoms with van der Waals surface area (Å²) in [6.07, 6.45) is 4.59. The van der Waals surface area contributed by atoms with Gasteiger partial charge in [0.25, 0.3) is 0 Å². The molecule has 1 unspecified atom stereocenters. The normalized spacial score (nSPS) is 40.0. The zero-order chi connectivity index (χ0) is 15.6. The predicted molar refractivity (Wildman–Crippen MR) is 84.7 cm³/mol. The number of fused-ring (bicyclic) bond motifs is 3. The molecule has 124 valence electrons. The van der Waals surface area contributed by atoms with Crippen molar-refractivity contribution < 1.29 is 18.9 Å². The zero-order valence-corrected chi connectivity index (χ0v) is 13.3. The Balaban J connectivity index is 1.56. The molecule has 1 N–H and O–H groups in total. The molecule has 0 radical (unpaired) electrons. The lowest BCUT2D eigenvalue weighted by Gasteiger charge is -2.49. The van der Waals surface area contributed by atoms with Crippen LogP contribution in [0.4, 0.5) is 0 Å². The van der Waals surface area contributed by atoms with E-state index in [1.54, 1.807) is 7.11 Å². The fourth-order valence-electron chi connectivity index (χ4n) is 3.75. The van der Waals surface area contributed by atoms with Crippen LogP contribution in [0.2, 0.25) is 0 Å². The monoisotopic (exact) mass is 317 g/mol. The minimum Gasteiger partial charge on any atom is -0.356 e. The van der Waals surface area contributed by atoms with Crippen molar-refractivity contribution in [2.75, 3.05) is 20.3 Å². The van der Waals surface area contributed by atoms with E-state index in [2.05, 4.69) is 17.5 Å². The zero-order valence-electron chi connectivity index (χ0n) is 13.3. The first-order valence-electron chi connectivity index (χ1n) is 8.25. The van der Waals surface area contributed by atoms with Crippen LogP contribution in [-0.4, -0.2) is 44.8 Å². The molecule has 5 nitrogen and oxygen atoms in total. The molecule has 3 aliphatic rings. The van der Waals surface area contributed by atoms with Crippen LogP contribution < -0.4 is 5.32 Å². The molecule has 0 spiro atoms. The van der Waals surface area contributed by atoms with Crippen LogP contribution in [0, 0.1) is 5.92 Å². The molecule has 0 saturated carbocycles. The number of ether oxygens (including phenoxy) is 4. The van der Waals surface area contributed by atoms with E-state index in [0.29, 0.717) is 6.61 Å². The standard InChI is InChI=1S/C18H23NO4/c1-20-18-13-9-5-6-10-19-15(13)16-14(22-18)11-21-17(23-16)12-7-3-2-4-8-12/h2-8,13-19H,9-11H2,1H3/t13-,14-,15+,16-,17?,18+/m1/s1. The lowest BCUT2D eigenvalue weighted by atomic mass is 9.86. The van der Waals surface area contributed by atoms with Gasteiger partial charge in [0.2, 0.25) is 0 Å². The Kier molecular flexibility index (Phi) is 4.46. The van der Waals surface area contributed by atoms with Gasteiger partial charge in [-0.05, 0) is 6.42 Å². The highest BCUT2D eigenvalue weighted by molar-refractivity contribution is 5.17. The summed E-state index contributed by atoms with van der Waals surface area (Å²) >= 11 is 0. The first-order chi connectivity index (χ1) is 11.4. The number of methoxy groups -OCH3 is 1. The van der Waals surface area contributed by atoms with E-state index >= 15 is 0 Å². The molecule has 6 atom stereocenters. The number of nitrogens with one attached hydrogen (secondary N) is 1. The number of benzene rings is 1. The minimum absolute atomic E-state index is 0.0368. The van der Waals surface area contributed by atoms with Crippen molar-refractivity contribution >= 4 is 0 Å². The van der Waals surface area contributed by atoms with E-state index in [1.807, 2.05) is 30.3 Å². The van der Waals surface area contributed by atoms with Crippen LogP contribution in [0.5, 0.6) is 0 Å². The van der Waals surface area contributed by atoms with Gasteiger partial charge in [-0.25, -0.2) is 0 Å². The Morgan fingerprint density at radius 3 is 2.83 bits per heavy atom. The van der Waals surface area contributed by atoms with Gasteiger partial charge in [0.1, 0.15) is 12.2 Å². The van der Waals surface area contributed by atoms with Crippen molar-refractivity contribution in [3.63, 3.8) is 0 Å². The van der Waals surface area contributed by atoms with E-state index in [4.69, 9.17) is 18.9 Å². The lowest BCUT2D eigenvalue weighted by Crippen LogP contribution is -2.63. The average molecular weight is 317 g/mol. The minimum atomic E-state index is -0.334. The summed E-state index contributed by atoms with van der Waals surface area (Å²) in [4.78, 5) is 0. The molecular formula is C18H23NO4. The third-order valence-electron chi connectivity index (χ3n) is 4.88. The van der Waals surface area contributed by atoms with Crippen molar-refractivity contribution in [3.05, 3.63) is 48.0 Å². The van der Waals surface area contributed by atoms with Gasteiger partial charge in [0.15, 0.2) is 12.6 Å². The highest BCUT2D eigenvalue weighted by Crippen LogP contribution is 2.38. The van der Waals surface area contributed by atoms with E-state index in [-0.39, 0.29) is 36.7 Å². The maximum Gasteiger partial charge on any atom is 0.184 e. The van der Waals surface area contributed by atoms with Crippen LogP contribution in [-0.2, 0) is 18.9 Å². The van der Waals surface area contributed by atoms with E-state index < -0.39 is 0 Å². The number of rotatable bonds is 2. The van der Waals surface area contributed by atoms with Crippen LogP contribution in [0.3, 0.4) is 0 Å². The van der Waals surface area contributed by atoms with Gasteiger partial charge in [-0.3, -0.25) is 0 Å². The average Bonchev–Trinajstić information content (AvgIpc) is 2.87. The van der Waals surface area contributed by atoms with Gasteiger partial charge in [-0.2, -0.15) is 0 Å². The van der Waals surface area contributed by atoms with Crippen molar-refractivity contribution in [1.82, 2.24) is 5.32 Å². The van der Waals surface area contributed by atoms with Crippen LogP contribution in [0.15, 0.2) is 42.5 Å². The second-order valence-corrected chi connectivity index (χ2v) is 6.26. The second-order valence-electron chi connectivity index (χ2n) is 6.26. The highest BCUT2D eigenvalue weighted by atomic mass is 16.7. The van der Waals surface area contributed by atoms with Crippen LogP contribution in [0.25, 0.3) is 0 Å². The molecule has 2 fully saturated rings. The van der Waals surface area contributed by atoms with E-state index in [0.717, 1.165) is 18.5 Å². The maximum atomic E-state index is 6.30. The van der Waals surface area contributed by atoms with Crippen molar-refractivity contribution in [2.45, 2.75) is 37.3 Å². The molecular weight excluding hydrogens is 294 g/mol. The van der Waals surface area contributed by atoms with E-state index in [1.165, 1.54) is 0 Å². The molecule has 1 aromatic rings. The molecule has 23 heavy (non-hydrogen) atoms. The first kappa shape index (κ1) is 15.3. The molecule has 0 aromatic heterocycles. The van der Waals surface area contributed by atoms with Gasteiger partial charge < -0.3 is 24.3 Å². The molecule has 3 heterocycles. The fourth-order valence-corrected chi connectivity index (χ4v) is 3.75. The van der Waals surface area contributed by atoms with Crippen LogP contribution >= 0.6 is 0 Å². The smallest absolute Gasteiger partial charge is 0.184 e. The van der Waals surface area contributed by atoms with Crippen molar-refractivity contribution in [2.24, 2.45) is 5.92 Å². The first-order valence-corrected chi connectivity index (χ1v) is 8.25. The second kappa shape index (κ2) is 6.71. The Hall–Kier alpha value is -1.24. The number of allylic oxidation sites excluding steroid dienone is 1. The van der Waals surface area contributed by atoms with Gasteiger partial charge in [0.05, 0.1) is 6.61 Å². The fraction of sp³-hybridized carbons (Fsp3) is 0.556. The summed E-state index contributed by atoms with van der Waals surface area (Å²) in [6, 6.07) is 10.3. The Bertz CT molecular complexity index is 549. The molecule has 0 aliphatic carbocycles. The predicted octanol–water partition coefficient (Wildman–Crippen LogP) is 2.01. The van der Waals surface area contributed by atoms with Crippen molar-refractivity contribution in [3.8, 4) is 0 Å². The van der Waals surface area contributed by atoms with Gasteiger partial charge in [0, 0.05) is 31.2 Å². The van der Waals surface area contributed by atoms with Crippen LogP contribution in [0.1, 0.15) is 18.3 Å². The summed E-state index contributed by atoms with van der Waals surface area (Å²) < 4.78 is 23.9. The molecule has 0 amide bonds. The van der Waals surface area contributed by atoms with E-state index in [9.17, 15) is 0 Å². The molecule has 4 rings (SSSR count). The highest BCUT2D eigenvalue weighted by Gasteiger charge is 2.49. The molecule has 1 aromatic carbocycles. The Morgan fingerprint density at radius 1 is 1.13 bits per heavy atom. The number of hydrogen-bond acceptors (Lipinski definition) is 5. The maximum absolute atomic E-state index is 6.30. The van der Waals surface area contributed by atoms with Gasteiger partial charge in [-0.15, -0.1) is 0 Å². The third-order valence-corrected chi connectivity index (χ3v) is 4.88. The quantitative estimate of drug-likeness (QED) is 0.846. The summed E-state index contributed by atoms with van der Waals surface area (Å²) in [5, 5.41) is 3.59. The van der Waals surface area contributed by atoms with Gasteiger partial charge >= 0.3 is 0 Å². The summed E-state index contributed by atoms with van der Waals surface area (Å²) in [5.74, 6) is 0.245. The Morgan fingerprint density at radius 2 is 2.00 bits per heavy atom. The Labute approximate surface area is 136 Å². The molecule has 0 bridgehead atoms. The van der Waals surface area contributed by atoms with Crippen molar-refractivity contribution in [1.29, 1.82) is 0 Å². The van der Waals surface area contributed by atoms with Gasteiger partial charge in [-0.1, -0.05) is 42.5 Å². The third kappa shape index (κ3) is 2.95. The topological polar surface area (TPSA) is 49.0 Å². The summed E-state index contributed by atoms with van der Waals surface area (Å²) in [7, 11) is 1.70. The SMILES string of the molecule is CO[C@H]1O[C@@H]2COC(c3ccccc3)O[C@H]2[C@H]2NCC=CC[C@@H]12. The largest absolute Gasteiger partial charge is 0.356 e. The number of hydrogen-bond donors (Lipinski definition) is 1. The lowest BCUT2D eigenvalue weighted by molar-refractivity contribution is -0.333. The molecule has 3 aliphatic heterocycles.